The van der Waals surface area contributed by atoms with Gasteiger partial charge >= 0.3 is 0 Å². The highest BCUT2D eigenvalue weighted by atomic mass is 16.5. The van der Waals surface area contributed by atoms with E-state index < -0.39 is 18.6 Å². The standard InChI is InChI=1S/C24H27N3O6/c1-4-17-9-18(7-15(3)22(17)32-13-20(30)10-25-21(31)12-29)23-26-24(33-27-23)19-6-14(2)5-16(8-19)11-28/h5-9,11,20,29-30H,4,10,12-13H2,1-3H3,(H,25,31)/t20-/m0/s1. The van der Waals surface area contributed by atoms with Crippen molar-refractivity contribution < 1.29 is 29.1 Å². The van der Waals surface area contributed by atoms with Gasteiger partial charge in [0.1, 0.15) is 31.4 Å². The molecule has 0 aliphatic heterocycles. The summed E-state index contributed by atoms with van der Waals surface area (Å²) in [6.45, 7) is 5.09. The van der Waals surface area contributed by atoms with Crippen LogP contribution in [0.1, 0.15) is 34.0 Å². The van der Waals surface area contributed by atoms with Gasteiger partial charge in [-0.1, -0.05) is 12.1 Å². The summed E-state index contributed by atoms with van der Waals surface area (Å²) >= 11 is 0. The summed E-state index contributed by atoms with van der Waals surface area (Å²) in [6, 6.07) is 9.13. The number of hydrogen-bond acceptors (Lipinski definition) is 8. The maximum absolute atomic E-state index is 11.2. The van der Waals surface area contributed by atoms with Gasteiger partial charge < -0.3 is 24.8 Å². The van der Waals surface area contributed by atoms with Crippen molar-refractivity contribution in [3.8, 4) is 28.6 Å². The van der Waals surface area contributed by atoms with Gasteiger partial charge in [-0.3, -0.25) is 9.59 Å². The lowest BCUT2D eigenvalue weighted by atomic mass is 10.0. The number of aryl methyl sites for hydroxylation is 3. The number of amides is 1. The van der Waals surface area contributed by atoms with Crippen LogP contribution in [0.2, 0.25) is 0 Å². The molecule has 0 unspecified atom stereocenters. The maximum atomic E-state index is 11.2. The number of rotatable bonds is 10. The van der Waals surface area contributed by atoms with Gasteiger partial charge in [-0.05, 0) is 67.3 Å². The van der Waals surface area contributed by atoms with Gasteiger partial charge in [-0.2, -0.15) is 4.98 Å². The zero-order valence-corrected chi connectivity index (χ0v) is 18.8. The van der Waals surface area contributed by atoms with E-state index in [0.717, 1.165) is 28.5 Å². The Kier molecular flexibility index (Phi) is 7.92. The second-order valence-corrected chi connectivity index (χ2v) is 7.74. The molecule has 174 valence electrons. The van der Waals surface area contributed by atoms with Crippen LogP contribution in [0.4, 0.5) is 0 Å². The van der Waals surface area contributed by atoms with Crippen LogP contribution in [0.15, 0.2) is 34.9 Å². The third kappa shape index (κ3) is 6.03. The molecule has 0 spiro atoms. The van der Waals surface area contributed by atoms with Gasteiger partial charge in [0, 0.05) is 23.2 Å². The third-order valence-corrected chi connectivity index (χ3v) is 5.00. The van der Waals surface area contributed by atoms with Gasteiger partial charge in [0.2, 0.25) is 11.7 Å². The van der Waals surface area contributed by atoms with Gasteiger partial charge in [0.05, 0.1) is 0 Å². The Balaban J connectivity index is 1.79. The van der Waals surface area contributed by atoms with E-state index in [0.29, 0.717) is 35.0 Å². The van der Waals surface area contributed by atoms with Crippen LogP contribution in [0.5, 0.6) is 5.75 Å². The number of carbonyl (C=O) groups is 2. The molecule has 0 radical (unpaired) electrons. The SMILES string of the molecule is CCc1cc(-c2noc(-c3cc(C)cc(C=O)c3)n2)cc(C)c1OC[C@@H](O)CNC(=O)CO. The minimum Gasteiger partial charge on any atom is -0.490 e. The molecule has 0 aliphatic rings. The molecule has 9 nitrogen and oxygen atoms in total. The highest BCUT2D eigenvalue weighted by Gasteiger charge is 2.17. The first-order chi connectivity index (χ1) is 15.8. The Morgan fingerprint density at radius 3 is 2.70 bits per heavy atom. The smallest absolute Gasteiger partial charge is 0.258 e. The van der Waals surface area contributed by atoms with E-state index in [1.165, 1.54) is 0 Å². The molecular weight excluding hydrogens is 426 g/mol. The van der Waals surface area contributed by atoms with Gasteiger partial charge in [0.25, 0.3) is 5.89 Å². The van der Waals surface area contributed by atoms with E-state index in [1.54, 1.807) is 12.1 Å². The fourth-order valence-corrected chi connectivity index (χ4v) is 3.43. The second-order valence-electron chi connectivity index (χ2n) is 7.74. The van der Waals surface area contributed by atoms with Crippen molar-refractivity contribution in [2.24, 2.45) is 0 Å². The van der Waals surface area contributed by atoms with Gasteiger partial charge in [-0.15, -0.1) is 0 Å². The average molecular weight is 453 g/mol. The zero-order valence-electron chi connectivity index (χ0n) is 18.8. The van der Waals surface area contributed by atoms with Crippen LogP contribution in [-0.2, 0) is 11.2 Å². The van der Waals surface area contributed by atoms with Crippen LogP contribution in [0, 0.1) is 13.8 Å². The summed E-state index contributed by atoms with van der Waals surface area (Å²) < 4.78 is 11.3. The van der Waals surface area contributed by atoms with Crippen LogP contribution < -0.4 is 10.1 Å². The molecule has 0 saturated carbocycles. The van der Waals surface area contributed by atoms with Crippen molar-refractivity contribution >= 4 is 12.2 Å². The van der Waals surface area contributed by atoms with Crippen LogP contribution in [-0.4, -0.2) is 58.4 Å². The molecule has 3 N–H and O–H groups in total. The summed E-state index contributed by atoms with van der Waals surface area (Å²) in [6.07, 6.45) is 0.530. The van der Waals surface area contributed by atoms with Crippen molar-refractivity contribution in [2.45, 2.75) is 33.3 Å². The van der Waals surface area contributed by atoms with Crippen LogP contribution in [0.25, 0.3) is 22.8 Å². The first-order valence-corrected chi connectivity index (χ1v) is 10.6. The lowest BCUT2D eigenvalue weighted by Gasteiger charge is -2.17. The minimum atomic E-state index is -0.922. The lowest BCUT2D eigenvalue weighted by molar-refractivity contribution is -0.124. The Bertz CT molecular complexity index is 1140. The fraction of sp³-hybridized carbons (Fsp3) is 0.333. The zero-order chi connectivity index (χ0) is 24.0. The van der Waals surface area contributed by atoms with E-state index in [1.807, 2.05) is 39.0 Å². The van der Waals surface area contributed by atoms with Crippen molar-refractivity contribution in [1.29, 1.82) is 0 Å². The molecule has 9 heteroatoms. The molecule has 3 rings (SSSR count). The van der Waals surface area contributed by atoms with Crippen molar-refractivity contribution in [2.75, 3.05) is 19.8 Å². The monoisotopic (exact) mass is 453 g/mol. The Morgan fingerprint density at radius 2 is 2.00 bits per heavy atom. The normalized spacial score (nSPS) is 11.8. The molecule has 2 aromatic carbocycles. The largest absolute Gasteiger partial charge is 0.490 e. The van der Waals surface area contributed by atoms with Crippen molar-refractivity contribution in [1.82, 2.24) is 15.5 Å². The average Bonchev–Trinajstić information content (AvgIpc) is 3.31. The van der Waals surface area contributed by atoms with E-state index in [4.69, 9.17) is 14.4 Å². The topological polar surface area (TPSA) is 135 Å². The first kappa shape index (κ1) is 24.1. The number of aliphatic hydroxyl groups is 2. The van der Waals surface area contributed by atoms with Crippen molar-refractivity contribution in [3.05, 3.63) is 52.6 Å². The molecule has 0 fully saturated rings. The summed E-state index contributed by atoms with van der Waals surface area (Å²) in [7, 11) is 0. The molecule has 3 aromatic rings. The van der Waals surface area contributed by atoms with E-state index in [2.05, 4.69) is 15.5 Å². The minimum absolute atomic E-state index is 0.0162. The highest BCUT2D eigenvalue weighted by Crippen LogP contribution is 2.31. The number of hydrogen-bond donors (Lipinski definition) is 3. The molecule has 0 saturated heterocycles. The Hall–Kier alpha value is -3.56. The molecular formula is C24H27N3O6. The summed E-state index contributed by atoms with van der Waals surface area (Å²) in [5.74, 6) is 0.819. The number of ether oxygens (including phenoxy) is 1. The predicted molar refractivity (Wildman–Crippen MR) is 121 cm³/mol. The van der Waals surface area contributed by atoms with Crippen LogP contribution in [0.3, 0.4) is 0 Å². The highest BCUT2D eigenvalue weighted by molar-refractivity contribution is 5.78. The van der Waals surface area contributed by atoms with E-state index in [9.17, 15) is 14.7 Å². The molecule has 1 aromatic heterocycles. The summed E-state index contributed by atoms with van der Waals surface area (Å²) in [5.41, 5.74) is 4.62. The Labute approximate surface area is 191 Å². The van der Waals surface area contributed by atoms with E-state index in [-0.39, 0.29) is 13.2 Å². The van der Waals surface area contributed by atoms with Crippen molar-refractivity contribution in [3.63, 3.8) is 0 Å². The molecule has 33 heavy (non-hydrogen) atoms. The molecule has 0 aliphatic carbocycles. The number of aldehydes is 1. The molecule has 0 bridgehead atoms. The van der Waals surface area contributed by atoms with Gasteiger partial charge in [0.15, 0.2) is 0 Å². The number of aliphatic hydroxyl groups excluding tert-OH is 2. The number of nitrogens with one attached hydrogen (secondary N) is 1. The number of carbonyl (C=O) groups excluding carboxylic acids is 2. The summed E-state index contributed by atoms with van der Waals surface area (Å²) in [4.78, 5) is 26.8. The lowest BCUT2D eigenvalue weighted by Crippen LogP contribution is -2.36. The van der Waals surface area contributed by atoms with E-state index >= 15 is 0 Å². The quantitative estimate of drug-likeness (QED) is 0.398. The first-order valence-electron chi connectivity index (χ1n) is 10.6. The fourth-order valence-electron chi connectivity index (χ4n) is 3.43. The molecule has 1 atom stereocenters. The molecule has 1 amide bonds. The third-order valence-electron chi connectivity index (χ3n) is 5.00. The summed E-state index contributed by atoms with van der Waals surface area (Å²) in [5, 5.41) is 25.3. The number of benzene rings is 2. The predicted octanol–water partition coefficient (Wildman–Crippen LogP) is 2.24. The van der Waals surface area contributed by atoms with Gasteiger partial charge in [-0.25, -0.2) is 0 Å². The molecule has 1 heterocycles. The maximum Gasteiger partial charge on any atom is 0.258 e. The number of nitrogens with zero attached hydrogens (tertiary/aromatic N) is 2. The Morgan fingerprint density at radius 1 is 1.21 bits per heavy atom. The van der Waals surface area contributed by atoms with Crippen LogP contribution >= 0.6 is 0 Å². The number of aromatic nitrogens is 2. The second kappa shape index (κ2) is 10.8.